The lowest BCUT2D eigenvalue weighted by molar-refractivity contribution is -0.140. The fourth-order valence-corrected chi connectivity index (χ4v) is 4.46. The van der Waals surface area contributed by atoms with E-state index in [1.54, 1.807) is 54.7 Å². The molecule has 7 heteroatoms. The Kier molecular flexibility index (Phi) is 9.85. The summed E-state index contributed by atoms with van der Waals surface area (Å²) in [5.74, 6) is -0.792. The minimum Gasteiger partial charge on any atom is -0.507 e. The number of benzene rings is 1. The second-order valence-electron chi connectivity index (χ2n) is 8.91. The van der Waals surface area contributed by atoms with E-state index in [-0.39, 0.29) is 11.3 Å². The van der Waals surface area contributed by atoms with Crippen molar-refractivity contribution < 1.29 is 19.4 Å². The first-order valence-electron chi connectivity index (χ1n) is 12.6. The molecule has 0 aliphatic carbocycles. The van der Waals surface area contributed by atoms with Crippen LogP contribution in [0.15, 0.2) is 54.4 Å². The van der Waals surface area contributed by atoms with Crippen LogP contribution in [0.1, 0.15) is 63.1 Å². The number of rotatable bonds is 13. The van der Waals surface area contributed by atoms with Crippen molar-refractivity contribution in [3.8, 4) is 5.75 Å². The summed E-state index contributed by atoms with van der Waals surface area (Å²) in [6, 6.07) is 9.73. The van der Waals surface area contributed by atoms with Crippen LogP contribution in [0.2, 0.25) is 0 Å². The number of aliphatic hydroxyl groups is 1. The number of unbranched alkanes of at least 4 members (excludes halogenated alkanes) is 2. The Bertz CT molecular complexity index is 997. The molecular formula is C28H37N3O4. The Morgan fingerprint density at radius 3 is 2.26 bits per heavy atom. The van der Waals surface area contributed by atoms with Crippen molar-refractivity contribution >= 4 is 17.4 Å². The van der Waals surface area contributed by atoms with Crippen LogP contribution in [-0.2, 0) is 9.59 Å². The van der Waals surface area contributed by atoms with Crippen LogP contribution in [0.3, 0.4) is 0 Å². The standard InChI is InChI=1S/C28H37N3O4/c1-4-6-16-30(17-7-5-2)18-9-19-31-25(22-10-8-15-29-20-22)24(27(33)28(31)34)26(32)21-11-13-23(35-3)14-12-21/h8,10-15,20,25,32H,4-7,9,16-19H2,1-3H3/b26-24-. The summed E-state index contributed by atoms with van der Waals surface area (Å²) >= 11 is 0. The summed E-state index contributed by atoms with van der Waals surface area (Å²) < 4.78 is 5.19. The van der Waals surface area contributed by atoms with Gasteiger partial charge < -0.3 is 19.6 Å². The molecule has 1 aromatic carbocycles. The van der Waals surface area contributed by atoms with Gasteiger partial charge in [0.15, 0.2) is 0 Å². The van der Waals surface area contributed by atoms with Gasteiger partial charge in [-0.2, -0.15) is 0 Å². The van der Waals surface area contributed by atoms with E-state index in [1.165, 1.54) is 0 Å². The van der Waals surface area contributed by atoms with Crippen LogP contribution in [-0.4, -0.2) is 64.9 Å². The molecule has 35 heavy (non-hydrogen) atoms. The second-order valence-corrected chi connectivity index (χ2v) is 8.91. The molecule has 1 aliphatic rings. The van der Waals surface area contributed by atoms with E-state index in [0.717, 1.165) is 51.7 Å². The Morgan fingerprint density at radius 2 is 1.69 bits per heavy atom. The number of aromatic nitrogens is 1. The Morgan fingerprint density at radius 1 is 1.03 bits per heavy atom. The fourth-order valence-electron chi connectivity index (χ4n) is 4.46. The quantitative estimate of drug-likeness (QED) is 0.252. The summed E-state index contributed by atoms with van der Waals surface area (Å²) in [6.07, 6.45) is 8.63. The summed E-state index contributed by atoms with van der Waals surface area (Å²) in [7, 11) is 1.56. The van der Waals surface area contributed by atoms with Crippen molar-refractivity contribution in [2.45, 2.75) is 52.0 Å². The smallest absolute Gasteiger partial charge is 0.295 e. The molecule has 0 bridgehead atoms. The number of carbonyl (C=O) groups excluding carboxylic acids is 2. The van der Waals surface area contributed by atoms with Gasteiger partial charge in [0.2, 0.25) is 0 Å². The fraction of sp³-hybridized carbons (Fsp3) is 0.464. The molecule has 0 spiro atoms. The summed E-state index contributed by atoms with van der Waals surface area (Å²) in [5.41, 5.74) is 1.26. The Hall–Kier alpha value is -3.19. The number of hydrogen-bond donors (Lipinski definition) is 1. The van der Waals surface area contributed by atoms with Gasteiger partial charge in [0.05, 0.1) is 18.7 Å². The van der Waals surface area contributed by atoms with Gasteiger partial charge in [-0.1, -0.05) is 32.8 Å². The van der Waals surface area contributed by atoms with Gasteiger partial charge in [-0.3, -0.25) is 14.6 Å². The second kappa shape index (κ2) is 13.0. The molecule has 0 radical (unpaired) electrons. The van der Waals surface area contributed by atoms with E-state index in [4.69, 9.17) is 4.74 Å². The number of Topliss-reactive ketones (excluding diaryl/α,β-unsaturated/α-hetero) is 1. The van der Waals surface area contributed by atoms with Gasteiger partial charge in [-0.15, -0.1) is 0 Å². The number of methoxy groups -OCH3 is 1. The number of ether oxygens (including phenoxy) is 1. The van der Waals surface area contributed by atoms with Crippen LogP contribution in [0, 0.1) is 0 Å². The third-order valence-corrected chi connectivity index (χ3v) is 6.43. The van der Waals surface area contributed by atoms with Gasteiger partial charge in [-0.25, -0.2) is 0 Å². The van der Waals surface area contributed by atoms with Crippen molar-refractivity contribution in [2.24, 2.45) is 0 Å². The van der Waals surface area contributed by atoms with Crippen LogP contribution >= 0.6 is 0 Å². The summed E-state index contributed by atoms with van der Waals surface area (Å²) in [4.78, 5) is 34.5. The summed E-state index contributed by atoms with van der Waals surface area (Å²) in [5, 5.41) is 11.1. The van der Waals surface area contributed by atoms with E-state index in [0.29, 0.717) is 23.4 Å². The van der Waals surface area contributed by atoms with Crippen LogP contribution < -0.4 is 4.74 Å². The number of nitrogens with zero attached hydrogens (tertiary/aromatic N) is 3. The maximum absolute atomic E-state index is 13.2. The van der Waals surface area contributed by atoms with Crippen LogP contribution in [0.4, 0.5) is 0 Å². The van der Waals surface area contributed by atoms with Crippen LogP contribution in [0.25, 0.3) is 5.76 Å². The minimum atomic E-state index is -0.675. The van der Waals surface area contributed by atoms with E-state index in [9.17, 15) is 14.7 Å². The van der Waals surface area contributed by atoms with Crippen molar-refractivity contribution in [3.63, 3.8) is 0 Å². The zero-order valence-electron chi connectivity index (χ0n) is 21.1. The molecule has 1 aliphatic heterocycles. The lowest BCUT2D eigenvalue weighted by Crippen LogP contribution is -2.34. The van der Waals surface area contributed by atoms with Gasteiger partial charge in [0, 0.05) is 24.5 Å². The molecule has 1 atom stereocenters. The van der Waals surface area contributed by atoms with Crippen molar-refractivity contribution in [1.82, 2.24) is 14.8 Å². The Labute approximate surface area is 208 Å². The zero-order valence-corrected chi connectivity index (χ0v) is 21.1. The van der Waals surface area contributed by atoms with E-state index >= 15 is 0 Å². The number of likely N-dealkylation sites (tertiary alicyclic amines) is 1. The third-order valence-electron chi connectivity index (χ3n) is 6.43. The van der Waals surface area contributed by atoms with Crippen molar-refractivity contribution in [2.75, 3.05) is 33.3 Å². The van der Waals surface area contributed by atoms with Gasteiger partial charge in [0.25, 0.3) is 11.7 Å². The normalized spacial score (nSPS) is 17.4. The average Bonchev–Trinajstić information content (AvgIpc) is 3.15. The average molecular weight is 480 g/mol. The number of hydrogen-bond acceptors (Lipinski definition) is 6. The number of pyridine rings is 1. The maximum atomic E-state index is 13.2. The van der Waals surface area contributed by atoms with Gasteiger partial charge in [0.1, 0.15) is 11.5 Å². The molecule has 188 valence electrons. The first-order valence-corrected chi connectivity index (χ1v) is 12.6. The molecule has 7 nitrogen and oxygen atoms in total. The molecular weight excluding hydrogens is 442 g/mol. The Balaban J connectivity index is 1.88. The number of carbonyl (C=O) groups is 2. The highest BCUT2D eigenvalue weighted by Gasteiger charge is 2.45. The highest BCUT2D eigenvalue weighted by atomic mass is 16.5. The topological polar surface area (TPSA) is 83.0 Å². The highest BCUT2D eigenvalue weighted by Crippen LogP contribution is 2.39. The molecule has 1 aromatic heterocycles. The summed E-state index contributed by atoms with van der Waals surface area (Å²) in [6.45, 7) is 7.75. The lowest BCUT2D eigenvalue weighted by atomic mass is 9.96. The minimum absolute atomic E-state index is 0.0991. The largest absolute Gasteiger partial charge is 0.507 e. The molecule has 1 unspecified atom stereocenters. The molecule has 1 N–H and O–H groups in total. The van der Waals surface area contributed by atoms with Crippen molar-refractivity contribution in [1.29, 1.82) is 0 Å². The van der Waals surface area contributed by atoms with Crippen molar-refractivity contribution in [3.05, 3.63) is 65.5 Å². The first-order chi connectivity index (χ1) is 17.0. The van der Waals surface area contributed by atoms with Gasteiger partial charge in [-0.05, 0) is 74.8 Å². The zero-order chi connectivity index (χ0) is 25.2. The highest BCUT2D eigenvalue weighted by molar-refractivity contribution is 6.46. The molecule has 2 heterocycles. The predicted octanol–water partition coefficient (Wildman–Crippen LogP) is 4.80. The predicted molar refractivity (Wildman–Crippen MR) is 137 cm³/mol. The van der Waals surface area contributed by atoms with E-state index in [2.05, 4.69) is 23.7 Å². The monoisotopic (exact) mass is 479 g/mol. The lowest BCUT2D eigenvalue weighted by Gasteiger charge is -2.27. The van der Waals surface area contributed by atoms with E-state index in [1.807, 2.05) is 6.07 Å². The number of aliphatic hydroxyl groups excluding tert-OH is 1. The van der Waals surface area contributed by atoms with Gasteiger partial charge >= 0.3 is 0 Å². The van der Waals surface area contributed by atoms with Crippen LogP contribution in [0.5, 0.6) is 5.75 Å². The maximum Gasteiger partial charge on any atom is 0.295 e. The number of amides is 1. The SMILES string of the molecule is CCCCN(CCCC)CCCN1C(=O)C(=O)/C(=C(\O)c2ccc(OC)cc2)C1c1cccnc1. The molecule has 1 amide bonds. The van der Waals surface area contributed by atoms with E-state index < -0.39 is 17.7 Å². The third kappa shape index (κ3) is 6.48. The molecule has 3 rings (SSSR count). The molecule has 0 saturated carbocycles. The molecule has 2 aromatic rings. The number of ketones is 1. The molecule has 1 fully saturated rings. The first kappa shape index (κ1) is 26.4. The molecule has 1 saturated heterocycles.